The average Bonchev–Trinajstić information content (AvgIpc) is 2.53. The summed E-state index contributed by atoms with van der Waals surface area (Å²) in [6.07, 6.45) is 5.36. The SMILES string of the molecule is N#CC1(C(=O)NCC2CCCCC2CO)CCOCC1. The van der Waals surface area contributed by atoms with Crippen molar-refractivity contribution in [3.8, 4) is 6.07 Å². The Hall–Kier alpha value is -1.12. The number of nitrogens with zero attached hydrogens (tertiary/aromatic N) is 1. The molecule has 0 spiro atoms. The number of ether oxygens (including phenoxy) is 1. The maximum absolute atomic E-state index is 12.3. The second-order valence-electron chi connectivity index (χ2n) is 6.00. The number of hydrogen-bond acceptors (Lipinski definition) is 4. The highest BCUT2D eigenvalue weighted by Gasteiger charge is 2.40. The zero-order valence-electron chi connectivity index (χ0n) is 11.9. The van der Waals surface area contributed by atoms with Crippen LogP contribution in [0.1, 0.15) is 38.5 Å². The van der Waals surface area contributed by atoms with Gasteiger partial charge in [-0.05, 0) is 37.5 Å². The number of hydrogen-bond donors (Lipinski definition) is 2. The van der Waals surface area contributed by atoms with Gasteiger partial charge in [0.15, 0.2) is 0 Å². The summed E-state index contributed by atoms with van der Waals surface area (Å²) in [6.45, 7) is 1.72. The fourth-order valence-electron chi connectivity index (χ4n) is 3.30. The topological polar surface area (TPSA) is 82.4 Å². The monoisotopic (exact) mass is 280 g/mol. The molecule has 2 unspecified atom stereocenters. The van der Waals surface area contributed by atoms with Crippen LogP contribution in [0.4, 0.5) is 0 Å². The summed E-state index contributed by atoms with van der Waals surface area (Å²) in [5.41, 5.74) is -0.915. The molecule has 1 saturated carbocycles. The third-order valence-corrected chi connectivity index (χ3v) is 4.82. The van der Waals surface area contributed by atoms with E-state index in [0.717, 1.165) is 25.7 Å². The Morgan fingerprint density at radius 1 is 1.30 bits per heavy atom. The molecule has 0 aromatic rings. The van der Waals surface area contributed by atoms with Gasteiger partial charge in [0.25, 0.3) is 0 Å². The van der Waals surface area contributed by atoms with E-state index in [0.29, 0.717) is 38.5 Å². The van der Waals surface area contributed by atoms with E-state index in [-0.39, 0.29) is 18.4 Å². The Morgan fingerprint density at radius 3 is 2.55 bits per heavy atom. The minimum atomic E-state index is -0.915. The van der Waals surface area contributed by atoms with Crippen LogP contribution >= 0.6 is 0 Å². The van der Waals surface area contributed by atoms with E-state index in [1.165, 1.54) is 0 Å². The average molecular weight is 280 g/mol. The smallest absolute Gasteiger partial charge is 0.240 e. The van der Waals surface area contributed by atoms with E-state index >= 15 is 0 Å². The van der Waals surface area contributed by atoms with Gasteiger partial charge in [0.2, 0.25) is 5.91 Å². The fourth-order valence-corrected chi connectivity index (χ4v) is 3.30. The highest BCUT2D eigenvalue weighted by atomic mass is 16.5. The van der Waals surface area contributed by atoms with Crippen molar-refractivity contribution in [3.63, 3.8) is 0 Å². The molecule has 1 aliphatic heterocycles. The summed E-state index contributed by atoms with van der Waals surface area (Å²) in [5.74, 6) is 0.468. The highest BCUT2D eigenvalue weighted by molar-refractivity contribution is 5.85. The van der Waals surface area contributed by atoms with Gasteiger partial charge in [-0.3, -0.25) is 4.79 Å². The van der Waals surface area contributed by atoms with E-state index < -0.39 is 5.41 Å². The number of nitrogens with one attached hydrogen (secondary N) is 1. The number of nitriles is 1. The molecule has 5 heteroatoms. The molecular weight excluding hydrogens is 256 g/mol. The quantitative estimate of drug-likeness (QED) is 0.811. The first-order chi connectivity index (χ1) is 9.72. The van der Waals surface area contributed by atoms with Crippen LogP contribution in [0.3, 0.4) is 0 Å². The molecule has 1 aliphatic carbocycles. The minimum absolute atomic E-state index is 0.162. The molecule has 2 N–H and O–H groups in total. The number of rotatable bonds is 4. The van der Waals surface area contributed by atoms with Crippen LogP contribution in [-0.4, -0.2) is 37.4 Å². The van der Waals surface area contributed by atoms with Crippen LogP contribution in [-0.2, 0) is 9.53 Å². The predicted molar refractivity (Wildman–Crippen MR) is 73.6 cm³/mol. The number of carbonyl (C=O) groups is 1. The Labute approximate surface area is 120 Å². The largest absolute Gasteiger partial charge is 0.396 e. The van der Waals surface area contributed by atoms with Gasteiger partial charge < -0.3 is 15.2 Å². The Bertz CT molecular complexity index is 372. The van der Waals surface area contributed by atoms with E-state index in [4.69, 9.17) is 4.74 Å². The van der Waals surface area contributed by atoms with Gasteiger partial charge in [0.1, 0.15) is 5.41 Å². The number of aliphatic hydroxyl groups excluding tert-OH is 1. The molecule has 0 bridgehead atoms. The van der Waals surface area contributed by atoms with Crippen molar-refractivity contribution < 1.29 is 14.6 Å². The van der Waals surface area contributed by atoms with Crippen molar-refractivity contribution in [1.29, 1.82) is 5.26 Å². The van der Waals surface area contributed by atoms with E-state index in [2.05, 4.69) is 11.4 Å². The van der Waals surface area contributed by atoms with Crippen LogP contribution in [0.25, 0.3) is 0 Å². The lowest BCUT2D eigenvalue weighted by molar-refractivity contribution is -0.132. The van der Waals surface area contributed by atoms with Crippen molar-refractivity contribution in [3.05, 3.63) is 0 Å². The summed E-state index contributed by atoms with van der Waals surface area (Å²) in [5, 5.41) is 21.7. The lowest BCUT2D eigenvalue weighted by Gasteiger charge is -2.33. The van der Waals surface area contributed by atoms with Crippen LogP contribution in [0.5, 0.6) is 0 Å². The molecule has 2 atom stereocenters. The standard InChI is InChI=1S/C15H24N2O3/c16-11-15(5-7-20-8-6-15)14(19)17-9-12-3-1-2-4-13(12)10-18/h12-13,18H,1-10H2,(H,17,19). The van der Waals surface area contributed by atoms with Crippen LogP contribution in [0, 0.1) is 28.6 Å². The van der Waals surface area contributed by atoms with Gasteiger partial charge in [-0.15, -0.1) is 0 Å². The van der Waals surface area contributed by atoms with Crippen molar-refractivity contribution in [1.82, 2.24) is 5.32 Å². The summed E-state index contributed by atoms with van der Waals surface area (Å²) in [7, 11) is 0. The van der Waals surface area contributed by atoms with Gasteiger partial charge in [-0.2, -0.15) is 5.26 Å². The molecule has 1 heterocycles. The molecule has 5 nitrogen and oxygen atoms in total. The van der Waals surface area contributed by atoms with E-state index in [1.54, 1.807) is 0 Å². The van der Waals surface area contributed by atoms with E-state index in [9.17, 15) is 15.2 Å². The summed E-state index contributed by atoms with van der Waals surface area (Å²) in [4.78, 5) is 12.3. The van der Waals surface area contributed by atoms with Gasteiger partial charge >= 0.3 is 0 Å². The van der Waals surface area contributed by atoms with Crippen molar-refractivity contribution in [2.75, 3.05) is 26.4 Å². The zero-order valence-corrected chi connectivity index (χ0v) is 11.9. The first-order valence-electron chi connectivity index (χ1n) is 7.60. The summed E-state index contributed by atoms with van der Waals surface area (Å²) >= 11 is 0. The fraction of sp³-hybridized carbons (Fsp3) is 0.867. The number of carbonyl (C=O) groups excluding carboxylic acids is 1. The zero-order chi connectivity index (χ0) is 14.4. The molecule has 1 amide bonds. The molecule has 112 valence electrons. The lowest BCUT2D eigenvalue weighted by Crippen LogP contribution is -2.46. The molecular formula is C15H24N2O3. The van der Waals surface area contributed by atoms with Crippen molar-refractivity contribution in [2.45, 2.75) is 38.5 Å². The third-order valence-electron chi connectivity index (χ3n) is 4.82. The molecule has 0 aromatic heterocycles. The Kier molecular flexibility index (Phi) is 5.38. The van der Waals surface area contributed by atoms with Crippen LogP contribution < -0.4 is 5.32 Å². The Balaban J connectivity index is 1.89. The van der Waals surface area contributed by atoms with Crippen LogP contribution in [0.2, 0.25) is 0 Å². The lowest BCUT2D eigenvalue weighted by atomic mass is 9.78. The maximum atomic E-state index is 12.3. The summed E-state index contributed by atoms with van der Waals surface area (Å²) in [6, 6.07) is 2.19. The predicted octanol–water partition coefficient (Wildman–Crippen LogP) is 1.22. The van der Waals surface area contributed by atoms with Gasteiger partial charge in [0, 0.05) is 26.4 Å². The molecule has 0 radical (unpaired) electrons. The molecule has 2 rings (SSSR count). The van der Waals surface area contributed by atoms with Crippen molar-refractivity contribution in [2.24, 2.45) is 17.3 Å². The van der Waals surface area contributed by atoms with E-state index in [1.807, 2.05) is 0 Å². The molecule has 0 aromatic carbocycles. The van der Waals surface area contributed by atoms with Gasteiger partial charge in [0.05, 0.1) is 6.07 Å². The van der Waals surface area contributed by atoms with Gasteiger partial charge in [-0.25, -0.2) is 0 Å². The van der Waals surface area contributed by atoms with Crippen molar-refractivity contribution >= 4 is 5.91 Å². The Morgan fingerprint density at radius 2 is 1.95 bits per heavy atom. The first kappa shape index (κ1) is 15.3. The highest BCUT2D eigenvalue weighted by Crippen LogP contribution is 2.32. The first-order valence-corrected chi connectivity index (χ1v) is 7.60. The summed E-state index contributed by atoms with van der Waals surface area (Å²) < 4.78 is 5.24. The molecule has 20 heavy (non-hydrogen) atoms. The second kappa shape index (κ2) is 7.05. The number of aliphatic hydroxyl groups is 1. The normalized spacial score (nSPS) is 29.4. The van der Waals surface area contributed by atoms with Crippen LogP contribution in [0.15, 0.2) is 0 Å². The molecule has 2 fully saturated rings. The third kappa shape index (κ3) is 3.31. The second-order valence-corrected chi connectivity index (χ2v) is 6.00. The minimum Gasteiger partial charge on any atom is -0.396 e. The molecule has 2 aliphatic rings. The number of amides is 1. The maximum Gasteiger partial charge on any atom is 0.240 e. The van der Waals surface area contributed by atoms with Gasteiger partial charge in [-0.1, -0.05) is 12.8 Å². The molecule has 1 saturated heterocycles.